The summed E-state index contributed by atoms with van der Waals surface area (Å²) >= 11 is 8.15. The smallest absolute Gasteiger partial charge is 0.0550 e. The van der Waals surface area contributed by atoms with Crippen molar-refractivity contribution in [2.24, 2.45) is 0 Å². The highest BCUT2D eigenvalue weighted by atomic mass is 35.5. The third kappa shape index (κ3) is 2.55. The fourth-order valence-electron chi connectivity index (χ4n) is 2.09. The Labute approximate surface area is 101 Å². The molecule has 2 rings (SSSR count). The summed E-state index contributed by atoms with van der Waals surface area (Å²) in [5.74, 6) is 1.24. The maximum absolute atomic E-state index is 6.25. The molecule has 1 aromatic rings. The van der Waals surface area contributed by atoms with E-state index in [4.69, 9.17) is 11.6 Å². The van der Waals surface area contributed by atoms with Crippen molar-refractivity contribution in [1.29, 1.82) is 0 Å². The molecule has 0 radical (unpaired) electrons. The average molecular weight is 244 g/mol. The molecule has 1 N–H and O–H groups in total. The van der Waals surface area contributed by atoms with Crippen molar-refractivity contribution in [2.45, 2.75) is 38.5 Å². The van der Waals surface area contributed by atoms with Crippen LogP contribution in [0, 0.1) is 0 Å². The van der Waals surface area contributed by atoms with Crippen LogP contribution in [0.25, 0.3) is 0 Å². The van der Waals surface area contributed by atoms with E-state index in [1.54, 1.807) is 0 Å². The fourth-order valence-corrected chi connectivity index (χ4v) is 3.80. The molecule has 1 nitrogen and oxygen atoms in total. The van der Waals surface area contributed by atoms with E-state index in [1.165, 1.54) is 29.1 Å². The molecule has 1 aromatic heterocycles. The predicted octanol–water partition coefficient (Wildman–Crippen LogP) is 3.99. The maximum Gasteiger partial charge on any atom is 0.0550 e. The largest absolute Gasteiger partial charge is 0.316 e. The lowest BCUT2D eigenvalue weighted by molar-refractivity contribution is 0.466. The average Bonchev–Trinajstić information content (AvgIpc) is 2.62. The Bertz CT molecular complexity index is 326. The molecule has 1 fully saturated rings. The van der Waals surface area contributed by atoms with Gasteiger partial charge in [-0.15, -0.1) is 11.3 Å². The van der Waals surface area contributed by atoms with Gasteiger partial charge in [-0.05, 0) is 31.4 Å². The molecular weight excluding hydrogens is 226 g/mol. The molecule has 2 heterocycles. The Kier molecular flexibility index (Phi) is 3.70. The summed E-state index contributed by atoms with van der Waals surface area (Å²) in [7, 11) is 0. The van der Waals surface area contributed by atoms with Gasteiger partial charge in [-0.1, -0.05) is 25.4 Å². The molecule has 0 aromatic carbocycles. The SMILES string of the molecule is CC(C)c1sc(C2CCCNC2)cc1Cl. The van der Waals surface area contributed by atoms with Crippen LogP contribution in [0.3, 0.4) is 0 Å². The highest BCUT2D eigenvalue weighted by Crippen LogP contribution is 2.38. The lowest BCUT2D eigenvalue weighted by Gasteiger charge is -2.21. The number of thiophene rings is 1. The first-order valence-corrected chi connectivity index (χ1v) is 6.87. The van der Waals surface area contributed by atoms with Crippen molar-refractivity contribution >= 4 is 22.9 Å². The van der Waals surface area contributed by atoms with Crippen LogP contribution in [0.5, 0.6) is 0 Å². The molecule has 0 aliphatic carbocycles. The van der Waals surface area contributed by atoms with Gasteiger partial charge in [0.05, 0.1) is 5.02 Å². The molecule has 84 valence electrons. The first-order chi connectivity index (χ1) is 7.18. The zero-order valence-corrected chi connectivity index (χ0v) is 10.9. The number of hydrogen-bond donors (Lipinski definition) is 1. The van der Waals surface area contributed by atoms with Crippen LogP contribution in [0.1, 0.15) is 48.3 Å². The summed E-state index contributed by atoms with van der Waals surface area (Å²) in [5, 5.41) is 4.42. The van der Waals surface area contributed by atoms with Crippen molar-refractivity contribution < 1.29 is 0 Å². The second kappa shape index (κ2) is 4.86. The highest BCUT2D eigenvalue weighted by molar-refractivity contribution is 7.12. The first-order valence-electron chi connectivity index (χ1n) is 5.68. The summed E-state index contributed by atoms with van der Waals surface area (Å²) in [6, 6.07) is 2.18. The Morgan fingerprint density at radius 3 is 2.87 bits per heavy atom. The van der Waals surface area contributed by atoms with E-state index in [0.29, 0.717) is 11.8 Å². The van der Waals surface area contributed by atoms with Crippen LogP contribution in [0.15, 0.2) is 6.07 Å². The van der Waals surface area contributed by atoms with E-state index in [1.807, 2.05) is 11.3 Å². The topological polar surface area (TPSA) is 12.0 Å². The Morgan fingerprint density at radius 1 is 1.53 bits per heavy atom. The monoisotopic (exact) mass is 243 g/mol. The first kappa shape index (κ1) is 11.4. The van der Waals surface area contributed by atoms with Gasteiger partial charge in [0.15, 0.2) is 0 Å². The zero-order chi connectivity index (χ0) is 10.8. The molecule has 15 heavy (non-hydrogen) atoms. The van der Waals surface area contributed by atoms with Crippen LogP contribution in [0.4, 0.5) is 0 Å². The maximum atomic E-state index is 6.25. The fraction of sp³-hybridized carbons (Fsp3) is 0.667. The van der Waals surface area contributed by atoms with Crippen molar-refractivity contribution in [2.75, 3.05) is 13.1 Å². The van der Waals surface area contributed by atoms with Gasteiger partial charge in [0, 0.05) is 22.2 Å². The molecule has 1 aliphatic rings. The zero-order valence-electron chi connectivity index (χ0n) is 9.35. The lowest BCUT2D eigenvalue weighted by Crippen LogP contribution is -2.27. The summed E-state index contributed by atoms with van der Waals surface area (Å²) in [6.07, 6.45) is 2.60. The Balaban J connectivity index is 2.17. The standard InChI is InChI=1S/C12H18ClNS/c1-8(2)12-10(13)6-11(15-12)9-4-3-5-14-7-9/h6,8-9,14H,3-5,7H2,1-2H3. The minimum absolute atomic E-state index is 0.549. The molecule has 1 unspecified atom stereocenters. The van der Waals surface area contributed by atoms with Gasteiger partial charge in [0.1, 0.15) is 0 Å². The van der Waals surface area contributed by atoms with Gasteiger partial charge in [0.2, 0.25) is 0 Å². The molecule has 1 saturated heterocycles. The van der Waals surface area contributed by atoms with Gasteiger partial charge in [-0.2, -0.15) is 0 Å². The summed E-state index contributed by atoms with van der Waals surface area (Å²) in [5.41, 5.74) is 0. The van der Waals surface area contributed by atoms with E-state index >= 15 is 0 Å². The number of piperidine rings is 1. The summed E-state index contributed by atoms with van der Waals surface area (Å²) in [6.45, 7) is 6.71. The quantitative estimate of drug-likeness (QED) is 0.828. The van der Waals surface area contributed by atoms with Crippen molar-refractivity contribution in [3.63, 3.8) is 0 Å². The summed E-state index contributed by atoms with van der Waals surface area (Å²) in [4.78, 5) is 2.81. The minimum Gasteiger partial charge on any atom is -0.316 e. The number of rotatable bonds is 2. The molecule has 0 spiro atoms. The Morgan fingerprint density at radius 2 is 2.33 bits per heavy atom. The van der Waals surface area contributed by atoms with Gasteiger partial charge in [-0.25, -0.2) is 0 Å². The van der Waals surface area contributed by atoms with E-state index in [9.17, 15) is 0 Å². The van der Waals surface area contributed by atoms with Gasteiger partial charge < -0.3 is 5.32 Å². The normalized spacial score (nSPS) is 22.3. The third-order valence-corrected chi connectivity index (χ3v) is 4.98. The highest BCUT2D eigenvalue weighted by Gasteiger charge is 2.19. The minimum atomic E-state index is 0.549. The van der Waals surface area contributed by atoms with Crippen molar-refractivity contribution in [1.82, 2.24) is 5.32 Å². The van der Waals surface area contributed by atoms with Crippen LogP contribution in [-0.4, -0.2) is 13.1 Å². The van der Waals surface area contributed by atoms with Crippen molar-refractivity contribution in [3.8, 4) is 0 Å². The van der Waals surface area contributed by atoms with Gasteiger partial charge >= 0.3 is 0 Å². The molecule has 1 aliphatic heterocycles. The van der Waals surface area contributed by atoms with Gasteiger partial charge in [0.25, 0.3) is 0 Å². The summed E-state index contributed by atoms with van der Waals surface area (Å²) < 4.78 is 0. The predicted molar refractivity (Wildman–Crippen MR) is 68.3 cm³/mol. The molecule has 0 bridgehead atoms. The van der Waals surface area contributed by atoms with Crippen molar-refractivity contribution in [3.05, 3.63) is 20.8 Å². The second-order valence-electron chi connectivity index (χ2n) is 4.56. The third-order valence-electron chi connectivity index (χ3n) is 2.96. The second-order valence-corrected chi connectivity index (χ2v) is 6.08. The molecule has 0 amide bonds. The molecule has 1 atom stereocenters. The van der Waals surface area contributed by atoms with Crippen LogP contribution < -0.4 is 5.32 Å². The number of nitrogens with one attached hydrogen (secondary N) is 1. The molecular formula is C12H18ClNS. The van der Waals surface area contributed by atoms with Crippen LogP contribution in [-0.2, 0) is 0 Å². The molecule has 0 saturated carbocycles. The van der Waals surface area contributed by atoms with Crippen LogP contribution >= 0.6 is 22.9 Å². The van der Waals surface area contributed by atoms with E-state index in [-0.39, 0.29) is 0 Å². The van der Waals surface area contributed by atoms with Gasteiger partial charge in [-0.3, -0.25) is 0 Å². The lowest BCUT2D eigenvalue weighted by atomic mass is 9.98. The Hall–Kier alpha value is -0.0500. The molecule has 3 heteroatoms. The van der Waals surface area contributed by atoms with E-state index in [0.717, 1.165) is 11.6 Å². The number of halogens is 1. The van der Waals surface area contributed by atoms with Crippen LogP contribution in [0.2, 0.25) is 5.02 Å². The van der Waals surface area contributed by atoms with E-state index in [2.05, 4.69) is 25.2 Å². The number of hydrogen-bond acceptors (Lipinski definition) is 2. The van der Waals surface area contributed by atoms with E-state index < -0.39 is 0 Å².